The molecule has 1 atom stereocenters. The highest BCUT2D eigenvalue weighted by Crippen LogP contribution is 2.33. The summed E-state index contributed by atoms with van der Waals surface area (Å²) in [5.41, 5.74) is 3.89. The number of amides is 1. The van der Waals surface area contributed by atoms with E-state index in [1.165, 1.54) is 0 Å². The van der Waals surface area contributed by atoms with Crippen LogP contribution < -0.4 is 20.3 Å². The van der Waals surface area contributed by atoms with Gasteiger partial charge in [-0.25, -0.2) is 0 Å². The Morgan fingerprint density at radius 2 is 2.00 bits per heavy atom. The van der Waals surface area contributed by atoms with Gasteiger partial charge in [0.1, 0.15) is 18.9 Å². The molecule has 0 saturated heterocycles. The van der Waals surface area contributed by atoms with Gasteiger partial charge in [-0.1, -0.05) is 13.0 Å². The maximum Gasteiger partial charge on any atom is 0.253 e. The molecule has 31 heavy (non-hydrogen) atoms. The number of hydrogen-bond donors (Lipinski definition) is 2. The Hall–Kier alpha value is -3.29. The van der Waals surface area contributed by atoms with Crippen LogP contribution in [0.5, 0.6) is 11.5 Å². The molecule has 3 heterocycles. The van der Waals surface area contributed by atoms with E-state index < -0.39 is 0 Å². The van der Waals surface area contributed by atoms with E-state index in [4.69, 9.17) is 9.47 Å². The molecule has 0 saturated carbocycles. The van der Waals surface area contributed by atoms with Crippen LogP contribution in [0.3, 0.4) is 0 Å². The zero-order valence-electron chi connectivity index (χ0n) is 18.4. The van der Waals surface area contributed by atoms with Crippen LogP contribution in [0.2, 0.25) is 0 Å². The number of carbonyl (C=O) groups excluding carboxylic acids is 1. The third kappa shape index (κ3) is 4.02. The van der Waals surface area contributed by atoms with Crippen molar-refractivity contribution in [3.63, 3.8) is 0 Å². The topological polar surface area (TPSA) is 98.2 Å². The second-order valence-electron chi connectivity index (χ2n) is 7.92. The Morgan fingerprint density at radius 1 is 1.26 bits per heavy atom. The van der Waals surface area contributed by atoms with E-state index in [1.807, 2.05) is 39.0 Å². The lowest BCUT2D eigenvalue weighted by atomic mass is 10.0. The van der Waals surface area contributed by atoms with E-state index in [9.17, 15) is 9.59 Å². The fraction of sp³-hybridized carbons (Fsp3) is 0.435. The maximum absolute atomic E-state index is 12.7. The van der Waals surface area contributed by atoms with Gasteiger partial charge in [0, 0.05) is 24.4 Å². The summed E-state index contributed by atoms with van der Waals surface area (Å²) in [5.74, 6) is 1.34. The molecule has 1 aromatic carbocycles. The summed E-state index contributed by atoms with van der Waals surface area (Å²) < 4.78 is 12.9. The number of ether oxygens (including phenoxy) is 2. The zero-order valence-corrected chi connectivity index (χ0v) is 18.4. The Balaban J connectivity index is 1.47. The first-order valence-corrected chi connectivity index (χ1v) is 10.6. The minimum atomic E-state index is -0.167. The monoisotopic (exact) mass is 424 g/mol. The SMILES string of the molecule is CCC(NC(=O)CCc1c(C)c2c(C)nn(C)c2[nH]c1=O)c1ccc2c(c1)OCCO2. The second-order valence-corrected chi connectivity index (χ2v) is 7.92. The summed E-state index contributed by atoms with van der Waals surface area (Å²) in [4.78, 5) is 28.2. The van der Waals surface area contributed by atoms with E-state index in [0.29, 0.717) is 36.6 Å². The van der Waals surface area contributed by atoms with E-state index >= 15 is 0 Å². The summed E-state index contributed by atoms with van der Waals surface area (Å²) in [5, 5.41) is 8.42. The van der Waals surface area contributed by atoms with Crippen molar-refractivity contribution in [2.45, 2.75) is 46.1 Å². The van der Waals surface area contributed by atoms with Gasteiger partial charge in [0.05, 0.1) is 11.7 Å². The Labute approximate surface area is 180 Å². The highest BCUT2D eigenvalue weighted by Gasteiger charge is 2.19. The molecular formula is C23H28N4O4. The first-order chi connectivity index (χ1) is 14.9. The van der Waals surface area contributed by atoms with Gasteiger partial charge in [-0.2, -0.15) is 5.10 Å². The molecule has 2 aromatic heterocycles. The number of aromatic nitrogens is 3. The van der Waals surface area contributed by atoms with Crippen LogP contribution in [-0.4, -0.2) is 33.9 Å². The molecule has 1 aliphatic heterocycles. The number of pyridine rings is 1. The quantitative estimate of drug-likeness (QED) is 0.634. The minimum absolute atomic E-state index is 0.0939. The van der Waals surface area contributed by atoms with Crippen LogP contribution in [0.4, 0.5) is 0 Å². The predicted molar refractivity (Wildman–Crippen MR) is 118 cm³/mol. The average Bonchev–Trinajstić information content (AvgIpc) is 3.04. The van der Waals surface area contributed by atoms with Crippen molar-refractivity contribution < 1.29 is 14.3 Å². The number of benzene rings is 1. The van der Waals surface area contributed by atoms with Crippen molar-refractivity contribution in [1.82, 2.24) is 20.1 Å². The first kappa shape index (κ1) is 21.0. The second kappa shape index (κ2) is 8.45. The molecule has 8 heteroatoms. The Kier molecular flexibility index (Phi) is 5.71. The molecule has 1 aliphatic rings. The lowest BCUT2D eigenvalue weighted by Gasteiger charge is -2.22. The first-order valence-electron chi connectivity index (χ1n) is 10.6. The van der Waals surface area contributed by atoms with E-state index in [0.717, 1.165) is 34.4 Å². The number of hydrogen-bond acceptors (Lipinski definition) is 5. The Bertz CT molecular complexity index is 1190. The van der Waals surface area contributed by atoms with Crippen molar-refractivity contribution in [2.75, 3.05) is 13.2 Å². The van der Waals surface area contributed by atoms with Gasteiger partial charge in [-0.15, -0.1) is 0 Å². The fourth-order valence-electron chi connectivity index (χ4n) is 4.26. The molecule has 0 aliphatic carbocycles. The van der Waals surface area contributed by atoms with E-state index in [1.54, 1.807) is 11.7 Å². The molecule has 0 spiro atoms. The van der Waals surface area contributed by atoms with Crippen LogP contribution in [0.1, 0.15) is 48.2 Å². The maximum atomic E-state index is 12.7. The Morgan fingerprint density at radius 3 is 2.74 bits per heavy atom. The number of rotatable bonds is 6. The third-order valence-corrected chi connectivity index (χ3v) is 5.87. The summed E-state index contributed by atoms with van der Waals surface area (Å²) in [7, 11) is 1.81. The number of nitrogens with zero attached hydrogens (tertiary/aromatic N) is 2. The summed E-state index contributed by atoms with van der Waals surface area (Å²) >= 11 is 0. The molecular weight excluding hydrogens is 396 g/mol. The molecule has 3 aromatic rings. The van der Waals surface area contributed by atoms with Gasteiger partial charge in [0.15, 0.2) is 11.5 Å². The molecule has 8 nitrogen and oxygen atoms in total. The lowest BCUT2D eigenvalue weighted by molar-refractivity contribution is -0.121. The van der Waals surface area contributed by atoms with Gasteiger partial charge < -0.3 is 19.8 Å². The molecule has 2 N–H and O–H groups in total. The average molecular weight is 425 g/mol. The number of carbonyl (C=O) groups is 1. The predicted octanol–water partition coefficient (Wildman–Crippen LogP) is 2.85. The number of nitrogens with one attached hydrogen (secondary N) is 2. The van der Waals surface area contributed by atoms with Crippen LogP contribution in [0.25, 0.3) is 11.0 Å². The molecule has 4 rings (SSSR count). The van der Waals surface area contributed by atoms with Crippen molar-refractivity contribution >= 4 is 16.9 Å². The highest BCUT2D eigenvalue weighted by molar-refractivity contribution is 5.83. The lowest BCUT2D eigenvalue weighted by Crippen LogP contribution is -2.29. The number of H-pyrrole nitrogens is 1. The number of fused-ring (bicyclic) bond motifs is 2. The van der Waals surface area contributed by atoms with Gasteiger partial charge in [0.2, 0.25) is 5.91 Å². The number of aryl methyl sites for hydroxylation is 3. The molecule has 164 valence electrons. The normalized spacial score (nSPS) is 13.9. The van der Waals surface area contributed by atoms with Crippen LogP contribution in [0, 0.1) is 13.8 Å². The molecule has 0 bridgehead atoms. The molecule has 0 radical (unpaired) electrons. The highest BCUT2D eigenvalue weighted by atomic mass is 16.6. The van der Waals surface area contributed by atoms with Crippen LogP contribution in [-0.2, 0) is 18.3 Å². The minimum Gasteiger partial charge on any atom is -0.486 e. The largest absolute Gasteiger partial charge is 0.486 e. The summed E-state index contributed by atoms with van der Waals surface area (Å²) in [6.07, 6.45) is 1.34. The molecule has 0 fully saturated rings. The molecule has 1 unspecified atom stereocenters. The summed E-state index contributed by atoms with van der Waals surface area (Å²) in [6, 6.07) is 5.63. The van der Waals surface area contributed by atoms with E-state index in [-0.39, 0.29) is 23.9 Å². The van der Waals surface area contributed by atoms with Gasteiger partial charge >= 0.3 is 0 Å². The zero-order chi connectivity index (χ0) is 22.1. The van der Waals surface area contributed by atoms with Gasteiger partial charge in [-0.05, 0) is 49.9 Å². The van der Waals surface area contributed by atoms with Crippen molar-refractivity contribution in [2.24, 2.45) is 7.05 Å². The standard InChI is InChI=1S/C23H28N4O4/c1-5-17(15-6-8-18-19(12-15)31-11-10-30-18)24-20(28)9-7-16-13(2)21-14(3)26-27(4)22(21)25-23(16)29/h6,8,12,17H,5,7,9-11H2,1-4H3,(H,24,28)(H,25,29). The van der Waals surface area contributed by atoms with Crippen molar-refractivity contribution in [1.29, 1.82) is 0 Å². The van der Waals surface area contributed by atoms with Crippen LogP contribution >= 0.6 is 0 Å². The smallest absolute Gasteiger partial charge is 0.253 e. The van der Waals surface area contributed by atoms with E-state index in [2.05, 4.69) is 15.4 Å². The van der Waals surface area contributed by atoms with Gasteiger partial charge in [0.25, 0.3) is 5.56 Å². The molecule has 1 amide bonds. The van der Waals surface area contributed by atoms with Crippen molar-refractivity contribution in [3.8, 4) is 11.5 Å². The van der Waals surface area contributed by atoms with Crippen LogP contribution in [0.15, 0.2) is 23.0 Å². The third-order valence-electron chi connectivity index (χ3n) is 5.87. The van der Waals surface area contributed by atoms with Crippen molar-refractivity contribution in [3.05, 3.63) is 50.9 Å². The fourth-order valence-corrected chi connectivity index (χ4v) is 4.26. The summed E-state index contributed by atoms with van der Waals surface area (Å²) in [6.45, 7) is 6.93. The van der Waals surface area contributed by atoms with Gasteiger partial charge in [-0.3, -0.25) is 14.3 Å². The number of aromatic amines is 1.